The third kappa shape index (κ3) is 5.47. The van der Waals surface area contributed by atoms with E-state index in [1.54, 1.807) is 37.1 Å². The summed E-state index contributed by atoms with van der Waals surface area (Å²) in [6.45, 7) is 2.03. The maximum Gasteiger partial charge on any atom is 0.242 e. The highest BCUT2D eigenvalue weighted by atomic mass is 79.9. The first-order valence-electron chi connectivity index (χ1n) is 8.01. The Morgan fingerprint density at radius 1 is 1.15 bits per heavy atom. The van der Waals surface area contributed by atoms with Crippen LogP contribution in [0.15, 0.2) is 46.9 Å². The van der Waals surface area contributed by atoms with E-state index in [4.69, 9.17) is 23.2 Å². The van der Waals surface area contributed by atoms with Gasteiger partial charge >= 0.3 is 0 Å². The van der Waals surface area contributed by atoms with Crippen molar-refractivity contribution in [2.75, 3.05) is 7.05 Å². The summed E-state index contributed by atoms with van der Waals surface area (Å²) in [6.07, 6.45) is 0.0911. The van der Waals surface area contributed by atoms with Crippen LogP contribution < -0.4 is 5.32 Å². The lowest BCUT2D eigenvalue weighted by Gasteiger charge is -2.28. The number of likely N-dealkylation sites (N-methyl/N-ethyl adjacent to an activating group) is 1. The minimum absolute atomic E-state index is 0.0911. The molecule has 2 aromatic carbocycles. The molecule has 4 nitrogen and oxygen atoms in total. The van der Waals surface area contributed by atoms with Gasteiger partial charge in [0, 0.05) is 28.1 Å². The summed E-state index contributed by atoms with van der Waals surface area (Å²) in [6, 6.07) is 12.0. The molecule has 0 aliphatic carbocycles. The highest BCUT2D eigenvalue weighted by Gasteiger charge is 2.26. The van der Waals surface area contributed by atoms with Crippen LogP contribution >= 0.6 is 39.1 Å². The highest BCUT2D eigenvalue weighted by Crippen LogP contribution is 2.23. The molecule has 2 amide bonds. The monoisotopic (exact) mass is 456 g/mol. The number of hydrogen-bond donors (Lipinski definition) is 1. The topological polar surface area (TPSA) is 49.4 Å². The van der Waals surface area contributed by atoms with Crippen LogP contribution in [0, 0.1) is 0 Å². The second-order valence-electron chi connectivity index (χ2n) is 5.85. The zero-order chi connectivity index (χ0) is 19.3. The van der Waals surface area contributed by atoms with Crippen molar-refractivity contribution in [2.45, 2.75) is 25.9 Å². The molecule has 2 aromatic rings. The lowest BCUT2D eigenvalue weighted by molar-refractivity contribution is -0.139. The summed E-state index contributed by atoms with van der Waals surface area (Å²) in [5.41, 5.74) is 1.60. The highest BCUT2D eigenvalue weighted by molar-refractivity contribution is 9.10. The van der Waals surface area contributed by atoms with Crippen molar-refractivity contribution < 1.29 is 9.59 Å². The Morgan fingerprint density at radius 2 is 1.81 bits per heavy atom. The first kappa shape index (κ1) is 20.7. The summed E-state index contributed by atoms with van der Waals surface area (Å²) in [5.74, 6) is -0.411. The number of nitrogens with one attached hydrogen (secondary N) is 1. The van der Waals surface area contributed by atoms with Crippen molar-refractivity contribution in [2.24, 2.45) is 0 Å². The standard InChI is InChI=1S/C19H19BrCl2N2O2/c1-12(19(26)23-2)24(11-13-3-6-15(20)7-4-13)18(25)9-14-5-8-16(21)10-17(14)22/h3-8,10,12H,9,11H2,1-2H3,(H,23,26). The SMILES string of the molecule is CNC(=O)C(C)N(Cc1ccc(Br)cc1)C(=O)Cc1ccc(Cl)cc1Cl. The molecule has 2 rings (SSSR count). The second kappa shape index (κ2) is 9.40. The lowest BCUT2D eigenvalue weighted by atomic mass is 10.1. The molecule has 0 radical (unpaired) electrons. The van der Waals surface area contributed by atoms with Gasteiger partial charge in [0.2, 0.25) is 11.8 Å². The number of rotatable bonds is 6. The predicted molar refractivity (Wildman–Crippen MR) is 108 cm³/mol. The van der Waals surface area contributed by atoms with Crippen LogP contribution in [-0.2, 0) is 22.6 Å². The molecule has 0 aromatic heterocycles. The normalized spacial score (nSPS) is 11.7. The van der Waals surface area contributed by atoms with Crippen molar-refractivity contribution in [1.29, 1.82) is 0 Å². The van der Waals surface area contributed by atoms with Gasteiger partial charge in [-0.3, -0.25) is 9.59 Å². The summed E-state index contributed by atoms with van der Waals surface area (Å²) in [7, 11) is 1.55. The van der Waals surface area contributed by atoms with Crippen LogP contribution in [-0.4, -0.2) is 29.8 Å². The van der Waals surface area contributed by atoms with E-state index in [9.17, 15) is 9.59 Å². The van der Waals surface area contributed by atoms with Gasteiger partial charge in [-0.2, -0.15) is 0 Å². The molecule has 0 bridgehead atoms. The molecule has 0 spiro atoms. The molecular formula is C19H19BrCl2N2O2. The van der Waals surface area contributed by atoms with E-state index in [2.05, 4.69) is 21.2 Å². The lowest BCUT2D eigenvalue weighted by Crippen LogP contribution is -2.47. The van der Waals surface area contributed by atoms with Gasteiger partial charge in [-0.25, -0.2) is 0 Å². The van der Waals surface area contributed by atoms with Crippen LogP contribution in [0.4, 0.5) is 0 Å². The van der Waals surface area contributed by atoms with Crippen LogP contribution in [0.2, 0.25) is 10.0 Å². The molecule has 0 heterocycles. The first-order valence-corrected chi connectivity index (χ1v) is 9.56. The Balaban J connectivity index is 2.25. The van der Waals surface area contributed by atoms with Gasteiger partial charge in [-0.1, -0.05) is 57.3 Å². The Morgan fingerprint density at radius 3 is 2.38 bits per heavy atom. The van der Waals surface area contributed by atoms with Crippen LogP contribution in [0.1, 0.15) is 18.1 Å². The van der Waals surface area contributed by atoms with Gasteiger partial charge in [0.05, 0.1) is 6.42 Å². The minimum atomic E-state index is -0.609. The van der Waals surface area contributed by atoms with Gasteiger partial charge in [0.1, 0.15) is 6.04 Å². The zero-order valence-electron chi connectivity index (χ0n) is 14.4. The van der Waals surface area contributed by atoms with Crippen LogP contribution in [0.25, 0.3) is 0 Å². The zero-order valence-corrected chi connectivity index (χ0v) is 17.5. The molecular weight excluding hydrogens is 439 g/mol. The Labute approximate surface area is 171 Å². The van der Waals surface area contributed by atoms with Crippen molar-refractivity contribution >= 4 is 50.9 Å². The maximum absolute atomic E-state index is 12.9. The van der Waals surface area contributed by atoms with Gasteiger partial charge < -0.3 is 10.2 Å². The minimum Gasteiger partial charge on any atom is -0.357 e. The maximum atomic E-state index is 12.9. The predicted octanol–water partition coefficient (Wildman–Crippen LogP) is 4.46. The third-order valence-corrected chi connectivity index (χ3v) is 5.15. The number of benzene rings is 2. The Kier molecular flexibility index (Phi) is 7.50. The van der Waals surface area contributed by atoms with E-state index in [-0.39, 0.29) is 18.2 Å². The molecule has 1 atom stereocenters. The number of carbonyl (C=O) groups excluding carboxylic acids is 2. The number of amides is 2. The summed E-state index contributed by atoms with van der Waals surface area (Å²) < 4.78 is 0.950. The van der Waals surface area contributed by atoms with Crippen molar-refractivity contribution in [3.8, 4) is 0 Å². The van der Waals surface area contributed by atoms with E-state index in [1.165, 1.54) is 0 Å². The molecule has 1 unspecified atom stereocenters. The Bertz CT molecular complexity index is 797. The number of hydrogen-bond acceptors (Lipinski definition) is 2. The van der Waals surface area contributed by atoms with Crippen molar-refractivity contribution in [3.63, 3.8) is 0 Å². The average molecular weight is 458 g/mol. The van der Waals surface area contributed by atoms with Gasteiger partial charge in [0.15, 0.2) is 0 Å². The molecule has 7 heteroatoms. The van der Waals surface area contributed by atoms with E-state index >= 15 is 0 Å². The molecule has 138 valence electrons. The van der Waals surface area contributed by atoms with Crippen LogP contribution in [0.5, 0.6) is 0 Å². The summed E-state index contributed by atoms with van der Waals surface area (Å²) in [4.78, 5) is 26.6. The molecule has 0 saturated heterocycles. The number of carbonyl (C=O) groups is 2. The van der Waals surface area contributed by atoms with Gasteiger partial charge in [-0.05, 0) is 42.3 Å². The van der Waals surface area contributed by atoms with Gasteiger partial charge in [0.25, 0.3) is 0 Å². The smallest absolute Gasteiger partial charge is 0.242 e. The van der Waals surface area contributed by atoms with Crippen LogP contribution in [0.3, 0.4) is 0 Å². The molecule has 1 N–H and O–H groups in total. The fourth-order valence-electron chi connectivity index (χ4n) is 2.51. The average Bonchev–Trinajstić information content (AvgIpc) is 2.62. The Hall–Kier alpha value is -1.56. The molecule has 0 aliphatic rings. The fraction of sp³-hybridized carbons (Fsp3) is 0.263. The molecule has 0 aliphatic heterocycles. The van der Waals surface area contributed by atoms with Gasteiger partial charge in [-0.15, -0.1) is 0 Å². The first-order chi connectivity index (χ1) is 12.3. The summed E-state index contributed by atoms with van der Waals surface area (Å²) in [5, 5.41) is 3.54. The number of nitrogens with zero attached hydrogens (tertiary/aromatic N) is 1. The van der Waals surface area contributed by atoms with E-state index < -0.39 is 6.04 Å². The number of halogens is 3. The van der Waals surface area contributed by atoms with Crippen molar-refractivity contribution in [3.05, 3.63) is 68.1 Å². The summed E-state index contributed by atoms with van der Waals surface area (Å²) >= 11 is 15.5. The molecule has 0 saturated carbocycles. The third-order valence-electron chi connectivity index (χ3n) is 4.04. The van der Waals surface area contributed by atoms with E-state index in [0.717, 1.165) is 10.0 Å². The molecule has 26 heavy (non-hydrogen) atoms. The van der Waals surface area contributed by atoms with Crippen molar-refractivity contribution in [1.82, 2.24) is 10.2 Å². The second-order valence-corrected chi connectivity index (χ2v) is 7.61. The largest absolute Gasteiger partial charge is 0.357 e. The van der Waals surface area contributed by atoms with E-state index in [1.807, 2.05) is 24.3 Å². The molecule has 0 fully saturated rings. The van der Waals surface area contributed by atoms with E-state index in [0.29, 0.717) is 22.2 Å². The fourth-order valence-corrected chi connectivity index (χ4v) is 3.25. The quantitative estimate of drug-likeness (QED) is 0.695.